The van der Waals surface area contributed by atoms with Crippen LogP contribution in [0.4, 0.5) is 4.39 Å². The van der Waals surface area contributed by atoms with E-state index in [-0.39, 0.29) is 30.2 Å². The summed E-state index contributed by atoms with van der Waals surface area (Å²) in [4.78, 5) is 15.2. The first-order valence-electron chi connectivity index (χ1n) is 11.4. The molecule has 1 aliphatic rings. The van der Waals surface area contributed by atoms with Gasteiger partial charge in [-0.1, -0.05) is 54.1 Å². The van der Waals surface area contributed by atoms with Crippen molar-refractivity contribution in [3.63, 3.8) is 0 Å². The minimum atomic E-state index is -3.78. The van der Waals surface area contributed by atoms with Gasteiger partial charge in [0.1, 0.15) is 5.82 Å². The minimum absolute atomic E-state index is 0.0545. The Hall–Kier alpha value is -3.40. The lowest BCUT2D eigenvalue weighted by Crippen LogP contribution is -2.49. The Labute approximate surface area is 203 Å². The van der Waals surface area contributed by atoms with E-state index in [1.807, 2.05) is 54.3 Å². The first-order valence-corrected chi connectivity index (χ1v) is 12.8. The van der Waals surface area contributed by atoms with E-state index in [4.69, 9.17) is 5.10 Å². The standard InChI is InChI=1S/C26H25FN4O3S/c1-19-9-11-20(12-10-19)25-23-7-2-3-8-24(23)26(32)31(28-25)18-29-13-15-30(16-14-29)35(33,34)22-6-4-5-21(27)17-22/h2-12,17H,13-16,18H2,1H3. The number of aromatic nitrogens is 2. The van der Waals surface area contributed by atoms with Crippen molar-refractivity contribution in [1.29, 1.82) is 0 Å². The maximum absolute atomic E-state index is 13.6. The van der Waals surface area contributed by atoms with Crippen LogP contribution in [0.15, 0.2) is 82.5 Å². The van der Waals surface area contributed by atoms with Gasteiger partial charge < -0.3 is 0 Å². The Kier molecular flexibility index (Phi) is 6.22. The number of halogens is 1. The van der Waals surface area contributed by atoms with Crippen LogP contribution in [-0.4, -0.2) is 53.6 Å². The Bertz CT molecular complexity index is 1540. The SMILES string of the molecule is Cc1ccc(-c2nn(CN3CCN(S(=O)(=O)c4cccc(F)c4)CC3)c(=O)c3ccccc23)cc1. The van der Waals surface area contributed by atoms with Gasteiger partial charge in [0.05, 0.1) is 22.6 Å². The quantitative estimate of drug-likeness (QED) is 0.427. The number of hydrogen-bond acceptors (Lipinski definition) is 5. The zero-order valence-corrected chi connectivity index (χ0v) is 20.1. The molecule has 1 aromatic heterocycles. The highest BCUT2D eigenvalue weighted by Crippen LogP contribution is 2.25. The number of benzene rings is 3. The third-order valence-corrected chi connectivity index (χ3v) is 8.19. The average molecular weight is 493 g/mol. The number of rotatable bonds is 5. The predicted octanol–water partition coefficient (Wildman–Crippen LogP) is 3.48. The second kappa shape index (κ2) is 9.33. The third-order valence-electron chi connectivity index (χ3n) is 6.29. The monoisotopic (exact) mass is 492 g/mol. The van der Waals surface area contributed by atoms with Crippen molar-refractivity contribution in [2.75, 3.05) is 26.2 Å². The van der Waals surface area contributed by atoms with Crippen molar-refractivity contribution >= 4 is 20.8 Å². The molecular weight excluding hydrogens is 467 g/mol. The molecule has 9 heteroatoms. The van der Waals surface area contributed by atoms with Gasteiger partial charge in [0, 0.05) is 37.1 Å². The smallest absolute Gasteiger partial charge is 0.275 e. The summed E-state index contributed by atoms with van der Waals surface area (Å²) in [6, 6.07) is 20.5. The molecule has 180 valence electrons. The molecule has 0 N–H and O–H groups in total. The van der Waals surface area contributed by atoms with Crippen molar-refractivity contribution in [3.8, 4) is 11.3 Å². The van der Waals surface area contributed by atoms with Gasteiger partial charge >= 0.3 is 0 Å². The lowest BCUT2D eigenvalue weighted by molar-refractivity contribution is 0.143. The van der Waals surface area contributed by atoms with E-state index >= 15 is 0 Å². The van der Waals surface area contributed by atoms with Gasteiger partial charge in [-0.25, -0.2) is 17.5 Å². The van der Waals surface area contributed by atoms with Crippen molar-refractivity contribution in [1.82, 2.24) is 19.0 Å². The molecule has 0 aliphatic carbocycles. The van der Waals surface area contributed by atoms with Crippen LogP contribution in [0, 0.1) is 12.7 Å². The van der Waals surface area contributed by atoms with Crippen molar-refractivity contribution in [3.05, 3.63) is 94.5 Å². The highest BCUT2D eigenvalue weighted by atomic mass is 32.2. The van der Waals surface area contributed by atoms with E-state index in [0.29, 0.717) is 18.5 Å². The summed E-state index contributed by atoms with van der Waals surface area (Å²) in [6.07, 6.45) is 0. The first-order chi connectivity index (χ1) is 16.8. The molecular formula is C26H25FN4O3S. The van der Waals surface area contributed by atoms with Crippen LogP contribution in [-0.2, 0) is 16.7 Å². The summed E-state index contributed by atoms with van der Waals surface area (Å²) >= 11 is 0. The summed E-state index contributed by atoms with van der Waals surface area (Å²) < 4.78 is 42.2. The molecule has 0 amide bonds. The molecule has 0 radical (unpaired) electrons. The van der Waals surface area contributed by atoms with Crippen molar-refractivity contribution in [2.45, 2.75) is 18.5 Å². The van der Waals surface area contributed by atoms with Gasteiger partial charge in [-0.2, -0.15) is 9.40 Å². The molecule has 0 unspecified atom stereocenters. The van der Waals surface area contributed by atoms with Gasteiger partial charge in [-0.15, -0.1) is 0 Å². The largest absolute Gasteiger partial charge is 0.282 e. The van der Waals surface area contributed by atoms with Crippen LogP contribution >= 0.6 is 0 Å². The van der Waals surface area contributed by atoms with E-state index in [0.717, 1.165) is 28.3 Å². The predicted molar refractivity (Wildman–Crippen MR) is 133 cm³/mol. The van der Waals surface area contributed by atoms with E-state index in [1.54, 1.807) is 6.07 Å². The van der Waals surface area contributed by atoms with Gasteiger partial charge in [0.2, 0.25) is 10.0 Å². The number of nitrogens with zero attached hydrogens (tertiary/aromatic N) is 4. The highest BCUT2D eigenvalue weighted by molar-refractivity contribution is 7.89. The molecule has 1 fully saturated rings. The molecule has 7 nitrogen and oxygen atoms in total. The zero-order valence-electron chi connectivity index (χ0n) is 19.3. The number of hydrogen-bond donors (Lipinski definition) is 0. The zero-order chi connectivity index (χ0) is 24.6. The summed E-state index contributed by atoms with van der Waals surface area (Å²) in [5.74, 6) is -0.587. The normalized spacial score (nSPS) is 15.5. The molecule has 4 aromatic rings. The molecule has 0 atom stereocenters. The summed E-state index contributed by atoms with van der Waals surface area (Å²) in [7, 11) is -3.78. The van der Waals surface area contributed by atoms with E-state index < -0.39 is 15.8 Å². The van der Waals surface area contributed by atoms with Crippen LogP contribution in [0.2, 0.25) is 0 Å². The Morgan fingerprint density at radius 3 is 2.26 bits per heavy atom. The second-order valence-corrected chi connectivity index (χ2v) is 10.6. The van der Waals surface area contributed by atoms with Crippen LogP contribution in [0.25, 0.3) is 22.0 Å². The fourth-order valence-electron chi connectivity index (χ4n) is 4.33. The number of sulfonamides is 1. The van der Waals surface area contributed by atoms with Crippen molar-refractivity contribution in [2.24, 2.45) is 0 Å². The first kappa shape index (κ1) is 23.3. The molecule has 5 rings (SSSR count). The molecule has 1 aliphatic heterocycles. The second-order valence-electron chi connectivity index (χ2n) is 8.69. The van der Waals surface area contributed by atoms with Gasteiger partial charge in [-0.3, -0.25) is 9.69 Å². The van der Waals surface area contributed by atoms with Crippen LogP contribution in [0.1, 0.15) is 5.56 Å². The Morgan fingerprint density at radius 1 is 0.886 bits per heavy atom. The summed E-state index contributed by atoms with van der Waals surface area (Å²) in [5.41, 5.74) is 2.60. The molecule has 0 spiro atoms. The molecule has 35 heavy (non-hydrogen) atoms. The third kappa shape index (κ3) is 4.62. The summed E-state index contributed by atoms with van der Waals surface area (Å²) in [5, 5.41) is 6.09. The minimum Gasteiger partial charge on any atom is -0.282 e. The number of fused-ring (bicyclic) bond motifs is 1. The molecule has 2 heterocycles. The molecule has 3 aromatic carbocycles. The average Bonchev–Trinajstić information content (AvgIpc) is 2.87. The maximum Gasteiger partial charge on any atom is 0.275 e. The van der Waals surface area contributed by atoms with E-state index in [2.05, 4.69) is 0 Å². The van der Waals surface area contributed by atoms with Crippen LogP contribution in [0.5, 0.6) is 0 Å². The fourth-order valence-corrected chi connectivity index (χ4v) is 5.79. The van der Waals surface area contributed by atoms with Gasteiger partial charge in [0.15, 0.2) is 0 Å². The maximum atomic E-state index is 13.6. The van der Waals surface area contributed by atoms with Crippen LogP contribution < -0.4 is 5.56 Å². The van der Waals surface area contributed by atoms with Crippen molar-refractivity contribution < 1.29 is 12.8 Å². The Balaban J connectivity index is 1.39. The number of piperazine rings is 1. The number of aryl methyl sites for hydroxylation is 1. The molecule has 0 saturated carbocycles. The van der Waals surface area contributed by atoms with E-state index in [9.17, 15) is 17.6 Å². The topological polar surface area (TPSA) is 75.5 Å². The Morgan fingerprint density at radius 2 is 1.57 bits per heavy atom. The lowest BCUT2D eigenvalue weighted by atomic mass is 10.0. The van der Waals surface area contributed by atoms with E-state index in [1.165, 1.54) is 27.2 Å². The lowest BCUT2D eigenvalue weighted by Gasteiger charge is -2.33. The van der Waals surface area contributed by atoms with Gasteiger partial charge in [0.25, 0.3) is 5.56 Å². The fraction of sp³-hybridized carbons (Fsp3) is 0.231. The van der Waals surface area contributed by atoms with Gasteiger partial charge in [-0.05, 0) is 31.2 Å². The molecule has 1 saturated heterocycles. The molecule has 0 bridgehead atoms. The summed E-state index contributed by atoms with van der Waals surface area (Å²) in [6.45, 7) is 3.60. The van der Waals surface area contributed by atoms with Crippen LogP contribution in [0.3, 0.4) is 0 Å². The highest BCUT2D eigenvalue weighted by Gasteiger charge is 2.29.